The van der Waals surface area contributed by atoms with Gasteiger partial charge in [-0.3, -0.25) is 4.79 Å². The Morgan fingerprint density at radius 3 is 2.88 bits per heavy atom. The van der Waals surface area contributed by atoms with Crippen molar-refractivity contribution in [2.24, 2.45) is 5.73 Å². The minimum absolute atomic E-state index is 0.112. The zero-order chi connectivity index (χ0) is 12.0. The number of amides is 1. The van der Waals surface area contributed by atoms with Crippen LogP contribution < -0.4 is 15.8 Å². The molecule has 0 saturated carbocycles. The Morgan fingerprint density at radius 1 is 1.56 bits per heavy atom. The summed E-state index contributed by atoms with van der Waals surface area (Å²) >= 11 is 0. The van der Waals surface area contributed by atoms with E-state index in [1.165, 1.54) is 6.07 Å². The molecule has 0 unspecified atom stereocenters. The van der Waals surface area contributed by atoms with Gasteiger partial charge in [-0.1, -0.05) is 6.07 Å². The average molecular weight is 226 g/mol. The van der Waals surface area contributed by atoms with E-state index in [-0.39, 0.29) is 31.3 Å². The van der Waals surface area contributed by atoms with Crippen molar-refractivity contribution in [3.63, 3.8) is 0 Å². The van der Waals surface area contributed by atoms with Crippen LogP contribution in [-0.4, -0.2) is 19.6 Å². The highest BCUT2D eigenvalue weighted by molar-refractivity contribution is 5.75. The van der Waals surface area contributed by atoms with Gasteiger partial charge in [0.25, 0.3) is 0 Å². The molecule has 1 aromatic carbocycles. The fourth-order valence-electron chi connectivity index (χ4n) is 1.17. The molecular weight excluding hydrogens is 211 g/mol. The summed E-state index contributed by atoms with van der Waals surface area (Å²) in [6, 6.07) is 4.48. The molecule has 88 valence electrons. The van der Waals surface area contributed by atoms with Crippen molar-refractivity contribution in [1.29, 1.82) is 0 Å². The van der Waals surface area contributed by atoms with Crippen LogP contribution in [0.2, 0.25) is 0 Å². The van der Waals surface area contributed by atoms with Gasteiger partial charge in [-0.25, -0.2) is 4.39 Å². The van der Waals surface area contributed by atoms with Crippen LogP contribution >= 0.6 is 0 Å². The number of hydrogen-bond donors (Lipinski definition) is 2. The number of ether oxygens (including phenoxy) is 1. The molecule has 0 aromatic heterocycles. The van der Waals surface area contributed by atoms with Gasteiger partial charge in [0.05, 0.1) is 13.0 Å². The van der Waals surface area contributed by atoms with E-state index in [0.29, 0.717) is 11.3 Å². The summed E-state index contributed by atoms with van der Waals surface area (Å²) in [5.74, 6) is -0.0994. The first kappa shape index (κ1) is 12.4. The Hall–Kier alpha value is -1.62. The van der Waals surface area contributed by atoms with Gasteiger partial charge in [0.1, 0.15) is 11.6 Å². The molecule has 0 saturated heterocycles. The lowest BCUT2D eigenvalue weighted by atomic mass is 10.2. The maximum absolute atomic E-state index is 13.3. The van der Waals surface area contributed by atoms with E-state index in [2.05, 4.69) is 5.32 Å². The number of rotatable bonds is 5. The number of nitrogens with one attached hydrogen (secondary N) is 1. The van der Waals surface area contributed by atoms with Gasteiger partial charge >= 0.3 is 0 Å². The van der Waals surface area contributed by atoms with Crippen molar-refractivity contribution >= 4 is 5.91 Å². The first-order chi connectivity index (χ1) is 7.67. The van der Waals surface area contributed by atoms with Crippen LogP contribution in [0.4, 0.5) is 4.39 Å². The molecular formula is C11H15FN2O2. The van der Waals surface area contributed by atoms with Gasteiger partial charge in [0.2, 0.25) is 5.91 Å². The Labute approximate surface area is 93.6 Å². The number of benzene rings is 1. The Balaban J connectivity index is 2.49. The molecule has 1 amide bonds. The molecule has 0 aliphatic carbocycles. The Morgan fingerprint density at radius 2 is 2.31 bits per heavy atom. The van der Waals surface area contributed by atoms with Gasteiger partial charge < -0.3 is 15.8 Å². The summed E-state index contributed by atoms with van der Waals surface area (Å²) < 4.78 is 18.5. The normalized spacial score (nSPS) is 9.94. The molecule has 5 heteroatoms. The first-order valence-electron chi connectivity index (χ1n) is 4.99. The fourth-order valence-corrected chi connectivity index (χ4v) is 1.17. The van der Waals surface area contributed by atoms with Crippen molar-refractivity contribution in [3.8, 4) is 5.75 Å². The summed E-state index contributed by atoms with van der Waals surface area (Å²) in [6.07, 6.45) is 0.247. The standard InChI is InChI=1S/C11H15FN2O2/c1-14-11(15)4-5-16-9-3-2-8(7-13)10(12)6-9/h2-3,6H,4-5,7,13H2,1H3,(H,14,15). The maximum Gasteiger partial charge on any atom is 0.223 e. The van der Waals surface area contributed by atoms with Crippen LogP contribution in [0.1, 0.15) is 12.0 Å². The molecule has 4 nitrogen and oxygen atoms in total. The molecule has 0 spiro atoms. The Bertz CT molecular complexity index is 369. The minimum atomic E-state index is -0.389. The number of hydrogen-bond acceptors (Lipinski definition) is 3. The van der Waals surface area contributed by atoms with Crippen LogP contribution in [0.25, 0.3) is 0 Å². The van der Waals surface area contributed by atoms with Crippen molar-refractivity contribution in [3.05, 3.63) is 29.6 Å². The minimum Gasteiger partial charge on any atom is -0.493 e. The predicted molar refractivity (Wildman–Crippen MR) is 58.5 cm³/mol. The van der Waals surface area contributed by atoms with E-state index in [0.717, 1.165) is 0 Å². The molecule has 0 atom stereocenters. The van der Waals surface area contributed by atoms with Gasteiger partial charge in [-0.05, 0) is 6.07 Å². The summed E-state index contributed by atoms with van der Waals surface area (Å²) in [5, 5.41) is 2.47. The molecule has 0 heterocycles. The molecule has 0 bridgehead atoms. The number of halogens is 1. The largest absolute Gasteiger partial charge is 0.493 e. The third-order valence-electron chi connectivity index (χ3n) is 2.12. The third-order valence-corrected chi connectivity index (χ3v) is 2.12. The zero-order valence-corrected chi connectivity index (χ0v) is 9.13. The lowest BCUT2D eigenvalue weighted by molar-refractivity contribution is -0.121. The second kappa shape index (κ2) is 6.07. The van der Waals surface area contributed by atoms with Crippen molar-refractivity contribution in [1.82, 2.24) is 5.32 Å². The van der Waals surface area contributed by atoms with Crippen molar-refractivity contribution in [2.45, 2.75) is 13.0 Å². The number of carbonyl (C=O) groups is 1. The van der Waals surface area contributed by atoms with Crippen LogP contribution in [0.3, 0.4) is 0 Å². The molecule has 1 rings (SSSR count). The maximum atomic E-state index is 13.3. The zero-order valence-electron chi connectivity index (χ0n) is 9.13. The predicted octanol–water partition coefficient (Wildman–Crippen LogP) is 0.799. The SMILES string of the molecule is CNC(=O)CCOc1ccc(CN)c(F)c1. The highest BCUT2D eigenvalue weighted by Crippen LogP contribution is 2.16. The Kier molecular flexibility index (Phi) is 4.72. The highest BCUT2D eigenvalue weighted by Gasteiger charge is 2.03. The molecule has 0 aliphatic heterocycles. The van der Waals surface area contributed by atoms with Gasteiger partial charge in [-0.15, -0.1) is 0 Å². The fraction of sp³-hybridized carbons (Fsp3) is 0.364. The third kappa shape index (κ3) is 3.51. The number of carbonyl (C=O) groups excluding carboxylic acids is 1. The van der Waals surface area contributed by atoms with E-state index in [1.54, 1.807) is 19.2 Å². The van der Waals surface area contributed by atoms with Gasteiger partial charge in [0.15, 0.2) is 0 Å². The summed E-state index contributed by atoms with van der Waals surface area (Å²) in [6.45, 7) is 0.380. The van der Waals surface area contributed by atoms with E-state index >= 15 is 0 Å². The van der Waals surface area contributed by atoms with E-state index < -0.39 is 0 Å². The van der Waals surface area contributed by atoms with Gasteiger partial charge in [-0.2, -0.15) is 0 Å². The summed E-state index contributed by atoms with van der Waals surface area (Å²) in [7, 11) is 1.55. The van der Waals surface area contributed by atoms with Crippen LogP contribution in [0.15, 0.2) is 18.2 Å². The lowest BCUT2D eigenvalue weighted by Gasteiger charge is -2.07. The van der Waals surface area contributed by atoms with Crippen LogP contribution in [0, 0.1) is 5.82 Å². The second-order valence-electron chi connectivity index (χ2n) is 3.23. The smallest absolute Gasteiger partial charge is 0.223 e. The molecule has 3 N–H and O–H groups in total. The summed E-state index contributed by atoms with van der Waals surface area (Å²) in [5.41, 5.74) is 5.77. The topological polar surface area (TPSA) is 64.3 Å². The van der Waals surface area contributed by atoms with Crippen LogP contribution in [0.5, 0.6) is 5.75 Å². The van der Waals surface area contributed by atoms with E-state index in [9.17, 15) is 9.18 Å². The molecule has 0 fully saturated rings. The van der Waals surface area contributed by atoms with Crippen molar-refractivity contribution < 1.29 is 13.9 Å². The highest BCUT2D eigenvalue weighted by atomic mass is 19.1. The lowest BCUT2D eigenvalue weighted by Crippen LogP contribution is -2.20. The van der Waals surface area contributed by atoms with E-state index in [1.807, 2.05) is 0 Å². The molecule has 1 aromatic rings. The van der Waals surface area contributed by atoms with Crippen LogP contribution in [-0.2, 0) is 11.3 Å². The second-order valence-corrected chi connectivity index (χ2v) is 3.23. The first-order valence-corrected chi connectivity index (χ1v) is 4.99. The van der Waals surface area contributed by atoms with Gasteiger partial charge in [0, 0.05) is 25.2 Å². The average Bonchev–Trinajstić information content (AvgIpc) is 2.29. The monoisotopic (exact) mass is 226 g/mol. The van der Waals surface area contributed by atoms with E-state index in [4.69, 9.17) is 10.5 Å². The quantitative estimate of drug-likeness (QED) is 0.780. The molecule has 0 aliphatic rings. The molecule has 16 heavy (non-hydrogen) atoms. The summed E-state index contributed by atoms with van der Waals surface area (Å²) in [4.78, 5) is 10.9. The van der Waals surface area contributed by atoms with Crippen molar-refractivity contribution in [2.75, 3.05) is 13.7 Å². The molecule has 0 radical (unpaired) electrons. The number of nitrogens with two attached hydrogens (primary N) is 1.